The number of nitrogens with one attached hydrogen (secondary N) is 1. The second kappa shape index (κ2) is 15.6. The van der Waals surface area contributed by atoms with Gasteiger partial charge in [0, 0.05) is 37.7 Å². The Kier molecular flexibility index (Phi) is 10.9. The number of ether oxygens (including phenoxy) is 2. The highest BCUT2D eigenvalue weighted by Crippen LogP contribution is 2.39. The third kappa shape index (κ3) is 8.32. The Morgan fingerprint density at radius 1 is 0.755 bits per heavy atom. The van der Waals surface area contributed by atoms with Gasteiger partial charge in [-0.1, -0.05) is 91.0 Å². The number of aliphatic hydroxyl groups is 1. The summed E-state index contributed by atoms with van der Waals surface area (Å²) in [6.07, 6.45) is 5.22. The first-order chi connectivity index (χ1) is 23.9. The largest absolute Gasteiger partial charge is 0.392 e. The van der Waals surface area contributed by atoms with Crippen molar-refractivity contribution in [3.05, 3.63) is 125 Å². The fourth-order valence-electron chi connectivity index (χ4n) is 7.53. The average molecular weight is 682 g/mol. The maximum absolute atomic E-state index is 12.9. The first-order valence-corrected chi connectivity index (χ1v) is 19.1. The van der Waals surface area contributed by atoms with E-state index in [0.717, 1.165) is 59.4 Å². The molecule has 0 amide bonds. The van der Waals surface area contributed by atoms with Gasteiger partial charge in [-0.15, -0.1) is 0 Å². The van der Waals surface area contributed by atoms with Gasteiger partial charge in [-0.3, -0.25) is 4.90 Å². The van der Waals surface area contributed by atoms with Crippen LogP contribution in [0.3, 0.4) is 0 Å². The molecule has 0 radical (unpaired) electrons. The third-order valence-electron chi connectivity index (χ3n) is 10.2. The van der Waals surface area contributed by atoms with Crippen molar-refractivity contribution in [2.75, 3.05) is 32.7 Å². The molecule has 4 aromatic rings. The van der Waals surface area contributed by atoms with Crippen LogP contribution >= 0.6 is 0 Å². The highest BCUT2D eigenvalue weighted by atomic mass is 32.2. The summed E-state index contributed by atoms with van der Waals surface area (Å²) < 4.78 is 42.0. The molecule has 49 heavy (non-hydrogen) atoms. The Bertz CT molecular complexity index is 1760. The molecule has 258 valence electrons. The molecule has 0 unspecified atom stereocenters. The van der Waals surface area contributed by atoms with E-state index < -0.39 is 16.3 Å². The Hall–Kier alpha value is -3.41. The fraction of sp³-hybridized carbons (Fsp3) is 0.400. The van der Waals surface area contributed by atoms with Crippen LogP contribution < -0.4 is 4.72 Å². The standard InChI is InChI=1S/C40H47N3O5S/c44-29-30-14-16-32(17-15-30)39-25-36(28-43-24-8-10-35(43)27-42-22-6-7-23-42)47-40(48-39)33-20-18-31(19-21-33)38-13-5-4-9-34(38)26-41-49(45,46)37-11-2-1-3-12-37/h1-5,9,11-21,35-36,39-41,44H,6-8,10,22-29H2/t35-,36+,39-,40-/m0/s1. The normalized spacial score (nSPS) is 23.6. The van der Waals surface area contributed by atoms with E-state index in [0.29, 0.717) is 6.04 Å². The van der Waals surface area contributed by atoms with Gasteiger partial charge in [-0.25, -0.2) is 13.1 Å². The number of aliphatic hydroxyl groups excluding tert-OH is 1. The van der Waals surface area contributed by atoms with Gasteiger partial charge in [-0.2, -0.15) is 0 Å². The number of hydrogen-bond donors (Lipinski definition) is 2. The number of hydrogen-bond acceptors (Lipinski definition) is 7. The van der Waals surface area contributed by atoms with Crippen LogP contribution in [-0.2, 0) is 32.6 Å². The van der Waals surface area contributed by atoms with E-state index in [1.807, 2.05) is 36.4 Å². The van der Waals surface area contributed by atoms with Crippen LogP contribution in [0.25, 0.3) is 11.1 Å². The van der Waals surface area contributed by atoms with Crippen molar-refractivity contribution in [2.45, 2.75) is 74.7 Å². The second-order valence-corrected chi connectivity index (χ2v) is 15.3. The monoisotopic (exact) mass is 681 g/mol. The van der Waals surface area contributed by atoms with E-state index in [4.69, 9.17) is 9.47 Å². The molecule has 0 aliphatic carbocycles. The van der Waals surface area contributed by atoms with Gasteiger partial charge < -0.3 is 19.5 Å². The van der Waals surface area contributed by atoms with Crippen LogP contribution in [0, 0.1) is 0 Å². The zero-order valence-corrected chi connectivity index (χ0v) is 28.8. The predicted molar refractivity (Wildman–Crippen MR) is 191 cm³/mol. The summed E-state index contributed by atoms with van der Waals surface area (Å²) >= 11 is 0. The maximum Gasteiger partial charge on any atom is 0.240 e. The van der Waals surface area contributed by atoms with E-state index in [-0.39, 0.29) is 30.3 Å². The van der Waals surface area contributed by atoms with E-state index in [2.05, 4.69) is 50.9 Å². The quantitative estimate of drug-likeness (QED) is 0.178. The summed E-state index contributed by atoms with van der Waals surface area (Å²) in [5.41, 5.74) is 5.77. The first-order valence-electron chi connectivity index (χ1n) is 17.6. The van der Waals surface area contributed by atoms with Crippen LogP contribution in [0.5, 0.6) is 0 Å². The van der Waals surface area contributed by atoms with Crippen molar-refractivity contribution in [2.24, 2.45) is 0 Å². The summed E-state index contributed by atoms with van der Waals surface area (Å²) in [4.78, 5) is 5.51. The summed E-state index contributed by atoms with van der Waals surface area (Å²) in [6, 6.07) is 33.2. The molecule has 3 aliphatic heterocycles. The molecule has 8 nitrogen and oxygen atoms in total. The van der Waals surface area contributed by atoms with Crippen LogP contribution in [0.15, 0.2) is 108 Å². The van der Waals surface area contributed by atoms with Crippen molar-refractivity contribution in [3.8, 4) is 11.1 Å². The summed E-state index contributed by atoms with van der Waals surface area (Å²) in [6.45, 7) is 5.77. The minimum atomic E-state index is -3.64. The molecule has 3 aliphatic rings. The van der Waals surface area contributed by atoms with Crippen molar-refractivity contribution in [3.63, 3.8) is 0 Å². The Morgan fingerprint density at radius 2 is 1.47 bits per heavy atom. The molecule has 3 fully saturated rings. The fourth-order valence-corrected chi connectivity index (χ4v) is 8.56. The molecule has 4 atom stereocenters. The minimum Gasteiger partial charge on any atom is -0.392 e. The highest BCUT2D eigenvalue weighted by molar-refractivity contribution is 7.89. The lowest BCUT2D eigenvalue weighted by Gasteiger charge is -2.39. The van der Waals surface area contributed by atoms with E-state index >= 15 is 0 Å². The van der Waals surface area contributed by atoms with Gasteiger partial charge in [0.05, 0.1) is 23.7 Å². The molecule has 3 saturated heterocycles. The summed E-state index contributed by atoms with van der Waals surface area (Å²) in [7, 11) is -3.64. The third-order valence-corrected chi connectivity index (χ3v) is 11.7. The average Bonchev–Trinajstić information content (AvgIpc) is 3.83. The van der Waals surface area contributed by atoms with Gasteiger partial charge in [0.1, 0.15) is 0 Å². The summed E-state index contributed by atoms with van der Waals surface area (Å²) in [5, 5.41) is 9.60. The van der Waals surface area contributed by atoms with E-state index in [1.165, 1.54) is 38.8 Å². The molecule has 2 N–H and O–H groups in total. The number of rotatable bonds is 12. The minimum absolute atomic E-state index is 0.0125. The predicted octanol–water partition coefficient (Wildman–Crippen LogP) is 6.43. The lowest BCUT2D eigenvalue weighted by atomic mass is 9.97. The van der Waals surface area contributed by atoms with Crippen molar-refractivity contribution >= 4 is 10.0 Å². The zero-order valence-electron chi connectivity index (χ0n) is 28.0. The van der Waals surface area contributed by atoms with Gasteiger partial charge in [-0.05, 0) is 85.3 Å². The van der Waals surface area contributed by atoms with Gasteiger partial charge in [0.2, 0.25) is 10.0 Å². The second-order valence-electron chi connectivity index (χ2n) is 13.6. The maximum atomic E-state index is 12.9. The molecular formula is C40H47N3O5S. The van der Waals surface area contributed by atoms with E-state index in [9.17, 15) is 13.5 Å². The Morgan fingerprint density at radius 3 is 2.22 bits per heavy atom. The molecular weight excluding hydrogens is 635 g/mol. The van der Waals surface area contributed by atoms with Crippen LogP contribution in [0.4, 0.5) is 0 Å². The molecule has 0 spiro atoms. The number of benzene rings is 4. The first kappa shape index (κ1) is 34.1. The van der Waals surface area contributed by atoms with Crippen LogP contribution in [0.1, 0.15) is 66.8 Å². The number of nitrogens with zero attached hydrogens (tertiary/aromatic N) is 2. The van der Waals surface area contributed by atoms with Gasteiger partial charge >= 0.3 is 0 Å². The topological polar surface area (TPSA) is 91.3 Å². The van der Waals surface area contributed by atoms with Crippen molar-refractivity contribution in [1.29, 1.82) is 0 Å². The SMILES string of the molecule is O=S(=O)(NCc1ccccc1-c1ccc([C@H]2O[C@@H](CN3CCC[C@H]3CN3CCCC3)C[C@@H](c3ccc(CO)cc3)O2)cc1)c1ccccc1. The van der Waals surface area contributed by atoms with Crippen molar-refractivity contribution in [1.82, 2.24) is 14.5 Å². The Labute approximate surface area is 290 Å². The highest BCUT2D eigenvalue weighted by Gasteiger charge is 2.36. The van der Waals surface area contributed by atoms with Crippen LogP contribution in [0.2, 0.25) is 0 Å². The van der Waals surface area contributed by atoms with Gasteiger partial charge in [0.25, 0.3) is 0 Å². The molecule has 0 bridgehead atoms. The molecule has 4 aromatic carbocycles. The molecule has 9 heteroatoms. The molecule has 7 rings (SSSR count). The lowest BCUT2D eigenvalue weighted by Crippen LogP contribution is -2.45. The van der Waals surface area contributed by atoms with Crippen molar-refractivity contribution < 1.29 is 23.0 Å². The smallest absolute Gasteiger partial charge is 0.240 e. The molecule has 3 heterocycles. The zero-order chi connectivity index (χ0) is 33.6. The van der Waals surface area contributed by atoms with Gasteiger partial charge in [0.15, 0.2) is 6.29 Å². The Balaban J connectivity index is 1.08. The number of sulfonamides is 1. The summed E-state index contributed by atoms with van der Waals surface area (Å²) in [5.74, 6) is 0. The number of likely N-dealkylation sites (tertiary alicyclic amines) is 2. The molecule has 0 saturated carbocycles. The van der Waals surface area contributed by atoms with E-state index in [1.54, 1.807) is 30.3 Å². The lowest BCUT2D eigenvalue weighted by molar-refractivity contribution is -0.253. The van der Waals surface area contributed by atoms with Crippen LogP contribution in [-0.4, -0.2) is 68.2 Å². The molecule has 0 aromatic heterocycles.